The first-order chi connectivity index (χ1) is 11.7. The van der Waals surface area contributed by atoms with E-state index in [1.165, 1.54) is 43.3 Å². The van der Waals surface area contributed by atoms with Gasteiger partial charge in [-0.3, -0.25) is 9.59 Å². The number of fused-ring (bicyclic) bond motifs is 1. The van der Waals surface area contributed by atoms with E-state index in [9.17, 15) is 22.8 Å². The van der Waals surface area contributed by atoms with E-state index in [2.05, 4.69) is 0 Å². The van der Waals surface area contributed by atoms with Crippen LogP contribution in [0.2, 0.25) is 0 Å². The minimum atomic E-state index is -4.59. The molecule has 2 aromatic carbocycles. The van der Waals surface area contributed by atoms with Gasteiger partial charge in [0.05, 0.1) is 21.6 Å². The van der Waals surface area contributed by atoms with Gasteiger partial charge < -0.3 is 5.11 Å². The molecule has 0 fully saturated rings. The monoisotopic (exact) mass is 361 g/mol. The van der Waals surface area contributed by atoms with E-state index in [0.717, 1.165) is 6.07 Å². The zero-order valence-electron chi connectivity index (χ0n) is 12.8. The molecule has 0 aromatic heterocycles. The van der Waals surface area contributed by atoms with Crippen LogP contribution in [0.15, 0.2) is 47.4 Å². The Bertz CT molecular complexity index is 992. The maximum atomic E-state index is 12.5. The number of amides is 2. The predicted octanol–water partition coefficient (Wildman–Crippen LogP) is 1.61. The van der Waals surface area contributed by atoms with Crippen LogP contribution in [0.3, 0.4) is 0 Å². The molecule has 0 unspecified atom stereocenters. The van der Waals surface area contributed by atoms with Gasteiger partial charge in [0, 0.05) is 0 Å². The number of carboxylic acids is 1. The van der Waals surface area contributed by atoms with Crippen molar-refractivity contribution >= 4 is 27.9 Å². The quantitative estimate of drug-likeness (QED) is 0.822. The lowest BCUT2D eigenvalue weighted by molar-refractivity contribution is -0.0104. The lowest BCUT2D eigenvalue weighted by Crippen LogP contribution is -2.33. The summed E-state index contributed by atoms with van der Waals surface area (Å²) in [5.74, 6) is -3.13. The van der Waals surface area contributed by atoms with Crippen molar-refractivity contribution in [2.45, 2.75) is 11.8 Å². The van der Waals surface area contributed by atoms with Crippen LogP contribution in [-0.4, -0.2) is 36.4 Å². The Morgan fingerprint density at radius 3 is 2.12 bits per heavy atom. The highest BCUT2D eigenvalue weighted by atomic mass is 32.2. The molecule has 0 saturated carbocycles. The van der Waals surface area contributed by atoms with E-state index in [0.29, 0.717) is 0 Å². The Morgan fingerprint density at radius 1 is 1.04 bits per heavy atom. The standard InChI is InChI=1S/C16H11NO7S/c1-9-6-7-10(16(20)21)8-13(9)25(22,23)24-17-14(18)11-4-2-3-5-12(11)15(17)19/h2-8H,1H3,(H,20,21). The van der Waals surface area contributed by atoms with Crippen LogP contribution in [0.25, 0.3) is 0 Å². The summed E-state index contributed by atoms with van der Waals surface area (Å²) >= 11 is 0. The summed E-state index contributed by atoms with van der Waals surface area (Å²) in [5.41, 5.74) is -0.00541. The maximum Gasteiger partial charge on any atom is 0.335 e. The normalized spacial score (nSPS) is 13.9. The van der Waals surface area contributed by atoms with E-state index in [-0.39, 0.29) is 27.3 Å². The van der Waals surface area contributed by atoms with Gasteiger partial charge in [0.25, 0.3) is 11.8 Å². The minimum absolute atomic E-state index is 0.0266. The number of aromatic carboxylic acids is 1. The summed E-state index contributed by atoms with van der Waals surface area (Å²) in [5, 5.41) is 9.16. The summed E-state index contributed by atoms with van der Waals surface area (Å²) in [7, 11) is -4.59. The lowest BCUT2D eigenvalue weighted by atomic mass is 10.1. The van der Waals surface area contributed by atoms with Crippen molar-refractivity contribution in [2.24, 2.45) is 0 Å². The van der Waals surface area contributed by atoms with Gasteiger partial charge in [0.1, 0.15) is 0 Å². The predicted molar refractivity (Wildman–Crippen MR) is 83.4 cm³/mol. The van der Waals surface area contributed by atoms with Crippen molar-refractivity contribution in [2.75, 3.05) is 0 Å². The van der Waals surface area contributed by atoms with Gasteiger partial charge in [-0.1, -0.05) is 18.2 Å². The first-order valence-corrected chi connectivity index (χ1v) is 8.39. The number of carboxylic acid groups (broad SMARTS) is 1. The molecule has 1 heterocycles. The van der Waals surface area contributed by atoms with Gasteiger partial charge in [0.2, 0.25) is 0 Å². The summed E-state index contributed by atoms with van der Waals surface area (Å²) in [4.78, 5) is 35.0. The number of hydrogen-bond acceptors (Lipinski definition) is 6. The van der Waals surface area contributed by atoms with Crippen molar-refractivity contribution in [3.05, 3.63) is 64.7 Å². The van der Waals surface area contributed by atoms with Gasteiger partial charge >= 0.3 is 16.1 Å². The zero-order chi connectivity index (χ0) is 18.4. The molecule has 9 heteroatoms. The summed E-state index contributed by atoms with van der Waals surface area (Å²) in [6.45, 7) is 1.43. The van der Waals surface area contributed by atoms with Crippen LogP contribution in [0.1, 0.15) is 36.6 Å². The Labute approximate surface area is 142 Å². The second kappa shape index (κ2) is 5.80. The van der Waals surface area contributed by atoms with Crippen molar-refractivity contribution in [1.82, 2.24) is 5.06 Å². The van der Waals surface area contributed by atoms with Gasteiger partial charge in [0.15, 0.2) is 0 Å². The van der Waals surface area contributed by atoms with Crippen LogP contribution in [0.4, 0.5) is 0 Å². The fourth-order valence-electron chi connectivity index (χ4n) is 2.38. The Kier molecular flexibility index (Phi) is 3.90. The summed E-state index contributed by atoms with van der Waals surface area (Å²) in [6, 6.07) is 9.25. The first-order valence-electron chi connectivity index (χ1n) is 6.99. The number of hydroxylamine groups is 2. The van der Waals surface area contributed by atoms with Crippen LogP contribution >= 0.6 is 0 Å². The highest BCUT2D eigenvalue weighted by Gasteiger charge is 2.40. The number of imide groups is 1. The maximum absolute atomic E-state index is 12.5. The van der Waals surface area contributed by atoms with Crippen molar-refractivity contribution < 1.29 is 32.2 Å². The molecule has 1 aliphatic rings. The molecular formula is C16H11NO7S. The lowest BCUT2D eigenvalue weighted by Gasteiger charge is -2.14. The highest BCUT2D eigenvalue weighted by Crippen LogP contribution is 2.27. The Hall–Kier alpha value is -3.04. The number of carbonyl (C=O) groups is 3. The molecule has 0 aliphatic carbocycles. The molecule has 1 N–H and O–H groups in total. The van der Waals surface area contributed by atoms with Crippen LogP contribution in [-0.2, 0) is 14.4 Å². The van der Waals surface area contributed by atoms with Crippen molar-refractivity contribution in [1.29, 1.82) is 0 Å². The van der Waals surface area contributed by atoms with Crippen molar-refractivity contribution in [3.63, 3.8) is 0 Å². The molecule has 25 heavy (non-hydrogen) atoms. The molecule has 8 nitrogen and oxygen atoms in total. The smallest absolute Gasteiger partial charge is 0.335 e. The largest absolute Gasteiger partial charge is 0.478 e. The van der Waals surface area contributed by atoms with E-state index in [4.69, 9.17) is 9.39 Å². The van der Waals surface area contributed by atoms with E-state index < -0.39 is 32.8 Å². The number of aryl methyl sites for hydroxylation is 1. The molecule has 0 bridgehead atoms. The molecule has 3 rings (SSSR count). The van der Waals surface area contributed by atoms with Gasteiger partial charge in [-0.25, -0.2) is 4.79 Å². The Morgan fingerprint density at radius 2 is 1.60 bits per heavy atom. The van der Waals surface area contributed by atoms with Gasteiger partial charge in [-0.05, 0) is 36.8 Å². The number of nitrogens with zero attached hydrogens (tertiary/aromatic N) is 1. The number of rotatable bonds is 4. The number of carbonyl (C=O) groups excluding carboxylic acids is 2. The van der Waals surface area contributed by atoms with E-state index in [1.807, 2.05) is 0 Å². The SMILES string of the molecule is Cc1ccc(C(=O)O)cc1S(=O)(=O)ON1C(=O)c2ccccc2C1=O. The Balaban J connectivity index is 1.99. The molecule has 1 aliphatic heterocycles. The molecule has 0 atom stereocenters. The first kappa shape index (κ1) is 16.8. The second-order valence-corrected chi connectivity index (χ2v) is 6.76. The minimum Gasteiger partial charge on any atom is -0.478 e. The van der Waals surface area contributed by atoms with Gasteiger partial charge in [-0.2, -0.15) is 8.42 Å². The average Bonchev–Trinajstić information content (AvgIpc) is 2.80. The van der Waals surface area contributed by atoms with E-state index >= 15 is 0 Å². The third-order valence-corrected chi connectivity index (χ3v) is 4.96. The van der Waals surface area contributed by atoms with Gasteiger partial charge in [-0.15, -0.1) is 9.35 Å². The molecule has 0 radical (unpaired) electrons. The molecule has 2 amide bonds. The fourth-order valence-corrected chi connectivity index (χ4v) is 3.52. The molecule has 2 aromatic rings. The molecule has 128 valence electrons. The summed E-state index contributed by atoms with van der Waals surface area (Å²) in [6.07, 6.45) is 0. The van der Waals surface area contributed by atoms with Crippen LogP contribution < -0.4 is 0 Å². The highest BCUT2D eigenvalue weighted by molar-refractivity contribution is 7.86. The van der Waals surface area contributed by atoms with Crippen LogP contribution in [0.5, 0.6) is 0 Å². The van der Waals surface area contributed by atoms with E-state index in [1.54, 1.807) is 0 Å². The number of hydrogen-bond donors (Lipinski definition) is 1. The van der Waals surface area contributed by atoms with Crippen molar-refractivity contribution in [3.8, 4) is 0 Å². The fraction of sp³-hybridized carbons (Fsp3) is 0.0625. The topological polar surface area (TPSA) is 118 Å². The zero-order valence-corrected chi connectivity index (χ0v) is 13.6. The second-order valence-electron chi connectivity index (χ2n) is 5.26. The number of benzene rings is 2. The molecule has 0 spiro atoms. The van der Waals surface area contributed by atoms with Crippen LogP contribution in [0, 0.1) is 6.92 Å². The summed E-state index contributed by atoms with van der Waals surface area (Å²) < 4.78 is 29.7. The third-order valence-electron chi connectivity index (χ3n) is 3.63. The molecular weight excluding hydrogens is 350 g/mol. The third kappa shape index (κ3) is 2.79. The average molecular weight is 361 g/mol. The molecule has 0 saturated heterocycles.